The van der Waals surface area contributed by atoms with Crippen LogP contribution >= 0.6 is 0 Å². The number of nitrogens with two attached hydrogens (primary N) is 1. The van der Waals surface area contributed by atoms with E-state index in [1.807, 2.05) is 0 Å². The number of H-pyrrole nitrogens is 1. The molecule has 0 aliphatic rings. The molecule has 170 valence electrons. The number of sulfonamides is 1. The van der Waals surface area contributed by atoms with E-state index in [1.165, 1.54) is 31.9 Å². The number of carbonyl (C=O) groups is 1. The molecule has 0 radical (unpaired) electrons. The van der Waals surface area contributed by atoms with Crippen LogP contribution in [0.2, 0.25) is 0 Å². The zero-order chi connectivity index (χ0) is 23.4. The predicted octanol–water partition coefficient (Wildman–Crippen LogP) is 1.59. The summed E-state index contributed by atoms with van der Waals surface area (Å²) in [6, 6.07) is 12.0. The molecule has 33 heavy (non-hydrogen) atoms. The first-order chi connectivity index (χ1) is 15.9. The number of aromatic amines is 1. The maximum absolute atomic E-state index is 12.6. The van der Waals surface area contributed by atoms with Gasteiger partial charge in [-0.1, -0.05) is 12.1 Å². The van der Waals surface area contributed by atoms with Gasteiger partial charge in [-0.05, 0) is 42.0 Å². The van der Waals surface area contributed by atoms with Crippen molar-refractivity contribution < 1.29 is 17.9 Å². The van der Waals surface area contributed by atoms with Gasteiger partial charge in [0.05, 0.1) is 18.3 Å². The van der Waals surface area contributed by atoms with Crippen LogP contribution in [0, 0.1) is 0 Å². The number of ether oxygens (including phenoxy) is 1. The molecule has 0 bridgehead atoms. The van der Waals surface area contributed by atoms with Gasteiger partial charge in [0.25, 0.3) is 5.91 Å². The van der Waals surface area contributed by atoms with Crippen molar-refractivity contribution in [2.75, 3.05) is 19.0 Å². The highest BCUT2D eigenvalue weighted by atomic mass is 32.2. The van der Waals surface area contributed by atoms with Crippen molar-refractivity contribution >= 4 is 32.9 Å². The largest absolute Gasteiger partial charge is 0.497 e. The van der Waals surface area contributed by atoms with E-state index < -0.39 is 16.1 Å². The van der Waals surface area contributed by atoms with Gasteiger partial charge >= 0.3 is 0 Å². The molecular formula is C21H21N7O4S. The second-order valence-corrected chi connectivity index (χ2v) is 8.80. The Kier molecular flexibility index (Phi) is 6.31. The van der Waals surface area contributed by atoms with Crippen LogP contribution in [0.1, 0.15) is 22.0 Å². The molecule has 0 aliphatic carbocycles. The molecular weight excluding hydrogens is 446 g/mol. The molecule has 2 heterocycles. The number of nitrogens with one attached hydrogen (secondary N) is 3. The monoisotopic (exact) mass is 467 g/mol. The van der Waals surface area contributed by atoms with Crippen LogP contribution in [0.5, 0.6) is 5.75 Å². The minimum absolute atomic E-state index is 0.0152. The van der Waals surface area contributed by atoms with Crippen molar-refractivity contribution in [1.82, 2.24) is 24.7 Å². The number of carbonyl (C=O) groups excluding carboxylic acids is 1. The average molecular weight is 468 g/mol. The Balaban J connectivity index is 1.39. The number of nitrogens with zero attached hydrogens (tertiary/aromatic N) is 3. The zero-order valence-corrected chi connectivity index (χ0v) is 18.3. The standard InChI is InChI=1S/C21H21N7O4S/c1-32-15-6-8-16(9-7-15)33(30,31)27-10-17(22)13-2-4-14(5-3-13)21(29)28-20-18-19(24-11-23-18)25-12-26-20/h2-9,11-12,17,27H,10,22H2,1H3,(H2,23,24,25,26,28,29). The number of methoxy groups -OCH3 is 1. The first kappa shape index (κ1) is 22.3. The number of amides is 1. The summed E-state index contributed by atoms with van der Waals surface area (Å²) in [6.07, 6.45) is 2.78. The van der Waals surface area contributed by atoms with Crippen LogP contribution in [0.3, 0.4) is 0 Å². The lowest BCUT2D eigenvalue weighted by molar-refractivity contribution is 0.102. The highest BCUT2D eigenvalue weighted by Crippen LogP contribution is 2.18. The molecule has 4 rings (SSSR count). The number of hydrogen-bond donors (Lipinski definition) is 4. The molecule has 0 spiro atoms. The van der Waals surface area contributed by atoms with E-state index in [-0.39, 0.29) is 17.3 Å². The van der Waals surface area contributed by atoms with Gasteiger partial charge in [0.1, 0.15) is 17.6 Å². The van der Waals surface area contributed by atoms with Crippen molar-refractivity contribution in [3.63, 3.8) is 0 Å². The number of aromatic nitrogens is 4. The molecule has 1 amide bonds. The Morgan fingerprint density at radius 1 is 1.09 bits per heavy atom. The third-order valence-corrected chi connectivity index (χ3v) is 6.36. The van der Waals surface area contributed by atoms with E-state index >= 15 is 0 Å². The van der Waals surface area contributed by atoms with Crippen LogP contribution in [-0.2, 0) is 10.0 Å². The first-order valence-electron chi connectivity index (χ1n) is 9.82. The lowest BCUT2D eigenvalue weighted by Gasteiger charge is -2.14. The molecule has 2 aromatic carbocycles. The van der Waals surface area contributed by atoms with Crippen LogP contribution in [0.4, 0.5) is 5.82 Å². The van der Waals surface area contributed by atoms with Crippen molar-refractivity contribution in [2.24, 2.45) is 5.73 Å². The van der Waals surface area contributed by atoms with E-state index in [0.29, 0.717) is 33.9 Å². The molecule has 0 fully saturated rings. The Bertz CT molecular complexity index is 1370. The number of benzene rings is 2. The van der Waals surface area contributed by atoms with Gasteiger partial charge in [-0.15, -0.1) is 0 Å². The lowest BCUT2D eigenvalue weighted by atomic mass is 10.1. The summed E-state index contributed by atoms with van der Waals surface area (Å²) in [5.74, 6) is 0.504. The third-order valence-electron chi connectivity index (χ3n) is 4.92. The Labute approximate surface area is 189 Å². The van der Waals surface area contributed by atoms with Gasteiger partial charge in [0, 0.05) is 18.2 Å². The van der Waals surface area contributed by atoms with Gasteiger partial charge in [0.2, 0.25) is 10.0 Å². The molecule has 2 aromatic heterocycles. The van der Waals surface area contributed by atoms with Gasteiger partial charge in [-0.2, -0.15) is 0 Å². The van der Waals surface area contributed by atoms with Gasteiger partial charge in [-0.3, -0.25) is 4.79 Å². The number of imidazole rings is 1. The SMILES string of the molecule is COc1ccc(S(=O)(=O)NCC(N)c2ccc(C(=O)Nc3ncnc4nc[nH]c34)cc2)cc1. The molecule has 5 N–H and O–H groups in total. The van der Waals surface area contributed by atoms with E-state index in [0.717, 1.165) is 0 Å². The van der Waals surface area contributed by atoms with Gasteiger partial charge < -0.3 is 20.8 Å². The smallest absolute Gasteiger partial charge is 0.256 e. The van der Waals surface area contributed by atoms with E-state index in [9.17, 15) is 13.2 Å². The van der Waals surface area contributed by atoms with Gasteiger partial charge in [-0.25, -0.2) is 28.1 Å². The van der Waals surface area contributed by atoms with Crippen LogP contribution < -0.4 is 20.5 Å². The zero-order valence-electron chi connectivity index (χ0n) is 17.5. The maximum Gasteiger partial charge on any atom is 0.256 e. The summed E-state index contributed by atoms with van der Waals surface area (Å²) in [5.41, 5.74) is 8.17. The minimum Gasteiger partial charge on any atom is -0.497 e. The Hall–Kier alpha value is -3.87. The first-order valence-corrected chi connectivity index (χ1v) is 11.3. The number of fused-ring (bicyclic) bond motifs is 1. The van der Waals surface area contributed by atoms with Crippen LogP contribution in [-0.4, -0.2) is 47.9 Å². The Morgan fingerprint density at radius 3 is 2.52 bits per heavy atom. The Morgan fingerprint density at radius 2 is 1.82 bits per heavy atom. The van der Waals surface area contributed by atoms with E-state index in [1.54, 1.807) is 36.4 Å². The minimum atomic E-state index is -3.73. The predicted molar refractivity (Wildman–Crippen MR) is 121 cm³/mol. The molecule has 0 aliphatic heterocycles. The van der Waals surface area contributed by atoms with Crippen molar-refractivity contribution in [1.29, 1.82) is 0 Å². The fourth-order valence-corrected chi connectivity index (χ4v) is 4.14. The highest BCUT2D eigenvalue weighted by molar-refractivity contribution is 7.89. The molecule has 1 unspecified atom stereocenters. The lowest BCUT2D eigenvalue weighted by Crippen LogP contribution is -2.32. The van der Waals surface area contributed by atoms with Crippen molar-refractivity contribution in [3.05, 3.63) is 72.3 Å². The second kappa shape index (κ2) is 9.32. The normalized spacial score (nSPS) is 12.4. The molecule has 4 aromatic rings. The van der Waals surface area contributed by atoms with Crippen molar-refractivity contribution in [2.45, 2.75) is 10.9 Å². The number of anilines is 1. The number of hydrogen-bond acceptors (Lipinski definition) is 8. The summed E-state index contributed by atoms with van der Waals surface area (Å²) in [6.45, 7) is -0.0152. The summed E-state index contributed by atoms with van der Waals surface area (Å²) in [5, 5.41) is 2.71. The van der Waals surface area contributed by atoms with E-state index in [2.05, 4.69) is 30.0 Å². The summed E-state index contributed by atoms with van der Waals surface area (Å²) >= 11 is 0. The molecule has 1 atom stereocenters. The second-order valence-electron chi connectivity index (χ2n) is 7.03. The van der Waals surface area contributed by atoms with Crippen LogP contribution in [0.15, 0.2) is 66.1 Å². The van der Waals surface area contributed by atoms with Crippen LogP contribution in [0.25, 0.3) is 11.2 Å². The molecule has 0 saturated carbocycles. The average Bonchev–Trinajstić information content (AvgIpc) is 3.33. The van der Waals surface area contributed by atoms with E-state index in [4.69, 9.17) is 10.5 Å². The fraction of sp³-hybridized carbons (Fsp3) is 0.143. The summed E-state index contributed by atoms with van der Waals surface area (Å²) in [7, 11) is -2.22. The fourth-order valence-electron chi connectivity index (χ4n) is 3.08. The topological polar surface area (TPSA) is 165 Å². The van der Waals surface area contributed by atoms with Gasteiger partial charge in [0.15, 0.2) is 11.5 Å². The maximum atomic E-state index is 12.6. The van der Waals surface area contributed by atoms with Crippen molar-refractivity contribution in [3.8, 4) is 5.75 Å². The number of rotatable bonds is 8. The quantitative estimate of drug-likeness (QED) is 0.303. The molecule has 11 nitrogen and oxygen atoms in total. The summed E-state index contributed by atoms with van der Waals surface area (Å²) in [4.78, 5) is 27.7. The molecule has 0 saturated heterocycles. The molecule has 12 heteroatoms. The summed E-state index contributed by atoms with van der Waals surface area (Å²) < 4.78 is 32.5. The third kappa shape index (κ3) is 4.98. The highest BCUT2D eigenvalue weighted by Gasteiger charge is 2.17.